The van der Waals surface area contributed by atoms with Crippen molar-refractivity contribution in [2.45, 2.75) is 36.6 Å². The lowest BCUT2D eigenvalue weighted by atomic mass is 9.95. The molecule has 1 N–H and O–H groups in total. The second-order valence-electron chi connectivity index (χ2n) is 4.52. The highest BCUT2D eigenvalue weighted by molar-refractivity contribution is 9.10. The summed E-state index contributed by atoms with van der Waals surface area (Å²) in [5.41, 5.74) is 0.0958. The van der Waals surface area contributed by atoms with Gasteiger partial charge >= 0.3 is 0 Å². The predicted molar refractivity (Wildman–Crippen MR) is 76.5 cm³/mol. The number of carbonyl (C=O) groups excluding carboxylic acids is 1. The van der Waals surface area contributed by atoms with Gasteiger partial charge < -0.3 is 5.32 Å². The zero-order valence-electron chi connectivity index (χ0n) is 9.76. The second kappa shape index (κ2) is 6.15. The molecule has 1 saturated carbocycles. The Morgan fingerprint density at radius 1 is 1.28 bits per heavy atom. The van der Waals surface area contributed by atoms with Crippen LogP contribution in [0.25, 0.3) is 0 Å². The van der Waals surface area contributed by atoms with Gasteiger partial charge in [-0.2, -0.15) is 0 Å². The van der Waals surface area contributed by atoms with Crippen molar-refractivity contribution in [3.05, 3.63) is 34.1 Å². The predicted octanol–water partition coefficient (Wildman–Crippen LogP) is 4.02. The second-order valence-corrected chi connectivity index (χ2v) is 6.67. The average Bonchev–Trinajstić information content (AvgIpc) is 2.32. The molecule has 2 nitrogen and oxygen atoms in total. The van der Waals surface area contributed by atoms with E-state index in [0.717, 1.165) is 25.7 Å². The maximum absolute atomic E-state index is 13.6. The number of amides is 1. The fourth-order valence-corrected chi connectivity index (χ4v) is 3.22. The van der Waals surface area contributed by atoms with E-state index in [1.807, 2.05) is 0 Å². The lowest BCUT2D eigenvalue weighted by Gasteiger charge is -2.26. The largest absolute Gasteiger partial charge is 0.349 e. The highest BCUT2D eigenvalue weighted by atomic mass is 79.9. The molecule has 1 aromatic carbocycles. The van der Waals surface area contributed by atoms with E-state index in [1.54, 1.807) is 12.1 Å². The molecule has 1 aliphatic rings. The number of rotatable bonds is 2. The summed E-state index contributed by atoms with van der Waals surface area (Å²) in [5.74, 6) is -0.825. The minimum atomic E-state index is -0.490. The monoisotopic (exact) mass is 377 g/mol. The summed E-state index contributed by atoms with van der Waals surface area (Å²) in [7, 11) is 0. The van der Waals surface area contributed by atoms with Gasteiger partial charge in [0.1, 0.15) is 5.82 Å². The highest BCUT2D eigenvalue weighted by Gasteiger charge is 2.23. The van der Waals surface area contributed by atoms with Gasteiger partial charge in [-0.1, -0.05) is 22.0 Å². The van der Waals surface area contributed by atoms with Crippen LogP contribution in [0.4, 0.5) is 4.39 Å². The smallest absolute Gasteiger partial charge is 0.255 e. The minimum absolute atomic E-state index is 0.0958. The van der Waals surface area contributed by atoms with E-state index in [2.05, 4.69) is 37.2 Å². The van der Waals surface area contributed by atoms with E-state index in [0.29, 0.717) is 9.30 Å². The van der Waals surface area contributed by atoms with Crippen LogP contribution in [0.5, 0.6) is 0 Å². The number of halogens is 3. The van der Waals surface area contributed by atoms with Gasteiger partial charge in [-0.25, -0.2) is 4.39 Å². The van der Waals surface area contributed by atoms with Crippen molar-refractivity contribution in [1.29, 1.82) is 0 Å². The molecule has 0 aromatic heterocycles. The minimum Gasteiger partial charge on any atom is -0.349 e. The Balaban J connectivity index is 2.04. The summed E-state index contributed by atoms with van der Waals surface area (Å²) in [5, 5.41) is 2.91. The number of hydrogen-bond acceptors (Lipinski definition) is 1. The molecule has 0 radical (unpaired) electrons. The molecule has 1 aliphatic carbocycles. The van der Waals surface area contributed by atoms with Crippen molar-refractivity contribution in [3.8, 4) is 0 Å². The summed E-state index contributed by atoms with van der Waals surface area (Å²) >= 11 is 6.78. The van der Waals surface area contributed by atoms with E-state index in [9.17, 15) is 9.18 Å². The van der Waals surface area contributed by atoms with Crippen molar-refractivity contribution in [2.24, 2.45) is 0 Å². The molecule has 98 valence electrons. The van der Waals surface area contributed by atoms with Crippen LogP contribution in [-0.4, -0.2) is 16.8 Å². The number of benzene rings is 1. The van der Waals surface area contributed by atoms with Crippen molar-refractivity contribution < 1.29 is 9.18 Å². The summed E-state index contributed by atoms with van der Waals surface area (Å²) < 4.78 is 14.1. The van der Waals surface area contributed by atoms with Crippen LogP contribution in [0.2, 0.25) is 0 Å². The van der Waals surface area contributed by atoms with Crippen LogP contribution in [0.3, 0.4) is 0 Å². The molecule has 2 rings (SSSR count). The van der Waals surface area contributed by atoms with Crippen LogP contribution in [0, 0.1) is 5.82 Å². The van der Waals surface area contributed by atoms with Gasteiger partial charge in [0.25, 0.3) is 5.91 Å². The van der Waals surface area contributed by atoms with E-state index in [1.165, 1.54) is 6.07 Å². The Labute approximate surface area is 123 Å². The van der Waals surface area contributed by atoms with Gasteiger partial charge in [0.05, 0.1) is 5.56 Å². The Bertz CT molecular complexity index is 424. The maximum Gasteiger partial charge on any atom is 0.255 e. The Kier molecular flexibility index (Phi) is 4.78. The first-order valence-corrected chi connectivity index (χ1v) is 7.67. The van der Waals surface area contributed by atoms with Crippen molar-refractivity contribution in [2.75, 3.05) is 0 Å². The number of carbonyl (C=O) groups is 1. The fourth-order valence-electron chi connectivity index (χ4n) is 2.17. The van der Waals surface area contributed by atoms with Crippen LogP contribution in [0.15, 0.2) is 22.7 Å². The van der Waals surface area contributed by atoms with Gasteiger partial charge in [-0.05, 0) is 53.7 Å². The molecular weight excluding hydrogens is 365 g/mol. The molecule has 1 amide bonds. The van der Waals surface area contributed by atoms with E-state index in [-0.39, 0.29) is 17.5 Å². The number of hydrogen-bond donors (Lipinski definition) is 1. The van der Waals surface area contributed by atoms with Gasteiger partial charge in [0.15, 0.2) is 0 Å². The third kappa shape index (κ3) is 3.32. The molecule has 18 heavy (non-hydrogen) atoms. The zero-order valence-corrected chi connectivity index (χ0v) is 12.9. The first kappa shape index (κ1) is 14.0. The fraction of sp³-hybridized carbons (Fsp3) is 0.462. The molecular formula is C13H14Br2FNO. The molecule has 0 atom stereocenters. The summed E-state index contributed by atoms with van der Waals surface area (Å²) in [6.07, 6.45) is 3.97. The van der Waals surface area contributed by atoms with E-state index >= 15 is 0 Å². The molecule has 0 spiro atoms. The topological polar surface area (TPSA) is 29.1 Å². The van der Waals surface area contributed by atoms with Gasteiger partial charge in [-0.3, -0.25) is 4.79 Å². The lowest BCUT2D eigenvalue weighted by Crippen LogP contribution is -2.38. The third-order valence-corrected chi connectivity index (χ3v) is 4.76. The Hall–Kier alpha value is -0.420. The highest BCUT2D eigenvalue weighted by Crippen LogP contribution is 2.25. The molecule has 5 heteroatoms. The molecule has 0 aliphatic heterocycles. The van der Waals surface area contributed by atoms with E-state index in [4.69, 9.17) is 0 Å². The number of alkyl halides is 1. The van der Waals surface area contributed by atoms with Crippen LogP contribution in [-0.2, 0) is 0 Å². The molecule has 1 fully saturated rings. The Morgan fingerprint density at radius 2 is 1.94 bits per heavy atom. The van der Waals surface area contributed by atoms with Gasteiger partial charge in [-0.15, -0.1) is 0 Å². The molecule has 0 unspecified atom stereocenters. The average molecular weight is 379 g/mol. The summed E-state index contributed by atoms with van der Waals surface area (Å²) in [4.78, 5) is 12.6. The van der Waals surface area contributed by atoms with Crippen molar-refractivity contribution >= 4 is 37.8 Å². The van der Waals surface area contributed by atoms with Crippen LogP contribution in [0.1, 0.15) is 36.0 Å². The van der Waals surface area contributed by atoms with Crippen molar-refractivity contribution in [3.63, 3.8) is 0 Å². The van der Waals surface area contributed by atoms with Crippen molar-refractivity contribution in [1.82, 2.24) is 5.32 Å². The van der Waals surface area contributed by atoms with Gasteiger partial charge in [0, 0.05) is 15.3 Å². The van der Waals surface area contributed by atoms with Crippen LogP contribution >= 0.6 is 31.9 Å². The summed E-state index contributed by atoms with van der Waals surface area (Å²) in [6.45, 7) is 0. The first-order valence-electron chi connectivity index (χ1n) is 5.97. The molecule has 1 aromatic rings. The maximum atomic E-state index is 13.6. The summed E-state index contributed by atoms with van der Waals surface area (Å²) in [6, 6.07) is 4.70. The molecule has 0 bridgehead atoms. The standard InChI is InChI=1S/C13H14Br2FNO/c14-8-4-6-9(7-5-8)17-13(18)12-10(15)2-1-3-11(12)16/h1-3,8-9H,4-7H2,(H,17,18). The zero-order chi connectivity index (χ0) is 13.1. The van der Waals surface area contributed by atoms with E-state index < -0.39 is 5.82 Å². The SMILES string of the molecule is O=C(NC1CCC(Br)CC1)c1c(F)cccc1Br. The normalized spacial score (nSPS) is 23.7. The first-order chi connectivity index (χ1) is 8.58. The lowest BCUT2D eigenvalue weighted by molar-refractivity contribution is 0.0923. The molecule has 0 saturated heterocycles. The number of nitrogens with one attached hydrogen (secondary N) is 1. The third-order valence-electron chi connectivity index (χ3n) is 3.18. The quantitative estimate of drug-likeness (QED) is 0.773. The van der Waals surface area contributed by atoms with Gasteiger partial charge in [0.2, 0.25) is 0 Å². The van der Waals surface area contributed by atoms with Crippen LogP contribution < -0.4 is 5.32 Å². The molecule has 0 heterocycles. The Morgan fingerprint density at radius 3 is 2.56 bits per heavy atom.